The van der Waals surface area contributed by atoms with Gasteiger partial charge in [0.1, 0.15) is 0 Å². The van der Waals surface area contributed by atoms with Crippen molar-refractivity contribution in [2.45, 2.75) is 30.6 Å². The van der Waals surface area contributed by atoms with E-state index in [9.17, 15) is 9.90 Å². The Labute approximate surface area is 123 Å². The third-order valence-corrected chi connectivity index (χ3v) is 4.49. The molecule has 20 heavy (non-hydrogen) atoms. The second-order valence-corrected chi connectivity index (χ2v) is 6.14. The minimum Gasteiger partial charge on any atom is -0.388 e. The van der Waals surface area contributed by atoms with Crippen LogP contribution in [0.4, 0.5) is 0 Å². The van der Waals surface area contributed by atoms with Crippen molar-refractivity contribution in [1.82, 2.24) is 5.32 Å². The highest BCUT2D eigenvalue weighted by molar-refractivity contribution is 7.99. The average Bonchev–Trinajstić information content (AvgIpc) is 2.44. The number of carbonyl (C=O) groups excluding carboxylic acids is 1. The summed E-state index contributed by atoms with van der Waals surface area (Å²) in [6, 6.07) is 9.44. The van der Waals surface area contributed by atoms with Gasteiger partial charge in [-0.15, -0.1) is 11.8 Å². The van der Waals surface area contributed by atoms with Crippen molar-refractivity contribution in [1.29, 1.82) is 5.26 Å². The molecule has 4 nitrogen and oxygen atoms in total. The molecule has 0 heterocycles. The normalized spacial score (nSPS) is 16.0. The highest BCUT2D eigenvalue weighted by Crippen LogP contribution is 2.30. The number of hydrogen-bond acceptors (Lipinski definition) is 4. The molecular weight excluding hydrogens is 272 g/mol. The summed E-state index contributed by atoms with van der Waals surface area (Å²) >= 11 is 1.53. The van der Waals surface area contributed by atoms with Gasteiger partial charge in [-0.2, -0.15) is 5.26 Å². The Morgan fingerprint density at radius 3 is 2.65 bits per heavy atom. The summed E-state index contributed by atoms with van der Waals surface area (Å²) in [5, 5.41) is 21.3. The molecule has 1 amide bonds. The molecule has 0 bridgehead atoms. The fourth-order valence-electron chi connectivity index (χ4n) is 2.01. The van der Waals surface area contributed by atoms with Crippen LogP contribution in [0.25, 0.3) is 0 Å². The molecule has 2 N–H and O–H groups in total. The van der Waals surface area contributed by atoms with Crippen molar-refractivity contribution in [2.24, 2.45) is 0 Å². The van der Waals surface area contributed by atoms with Gasteiger partial charge >= 0.3 is 0 Å². The molecule has 0 radical (unpaired) electrons. The van der Waals surface area contributed by atoms with Crippen LogP contribution in [0.5, 0.6) is 0 Å². The number of aliphatic hydroxyl groups is 1. The molecule has 106 valence electrons. The van der Waals surface area contributed by atoms with Crippen LogP contribution in [0.15, 0.2) is 24.3 Å². The summed E-state index contributed by atoms with van der Waals surface area (Å²) in [6.45, 7) is 0.364. The quantitative estimate of drug-likeness (QED) is 0.838. The predicted molar refractivity (Wildman–Crippen MR) is 79.1 cm³/mol. The van der Waals surface area contributed by atoms with Gasteiger partial charge in [0.05, 0.1) is 23.0 Å². The predicted octanol–water partition coefficient (Wildman–Crippen LogP) is 1.82. The maximum Gasteiger partial charge on any atom is 0.230 e. The second-order valence-electron chi connectivity index (χ2n) is 5.16. The number of amides is 1. The summed E-state index contributed by atoms with van der Waals surface area (Å²) in [5.41, 5.74) is 1.08. The molecule has 2 rings (SSSR count). The molecular formula is C15H18N2O2S. The molecule has 0 aliphatic heterocycles. The number of rotatable bonds is 6. The first-order valence-corrected chi connectivity index (χ1v) is 7.83. The Kier molecular flexibility index (Phi) is 5.05. The molecule has 5 heteroatoms. The third kappa shape index (κ3) is 4.26. The smallest absolute Gasteiger partial charge is 0.230 e. The maximum atomic E-state index is 11.6. The van der Waals surface area contributed by atoms with Crippen molar-refractivity contribution in [3.63, 3.8) is 0 Å². The van der Waals surface area contributed by atoms with E-state index in [2.05, 4.69) is 11.4 Å². The Hall–Kier alpha value is -1.51. The van der Waals surface area contributed by atoms with Gasteiger partial charge in [0.15, 0.2) is 0 Å². The first kappa shape index (κ1) is 14.9. The summed E-state index contributed by atoms with van der Waals surface area (Å²) in [4.78, 5) is 11.6. The molecule has 0 unspecified atom stereocenters. The van der Waals surface area contributed by atoms with Crippen LogP contribution < -0.4 is 5.32 Å². The van der Waals surface area contributed by atoms with Crippen LogP contribution in [0.3, 0.4) is 0 Å². The lowest BCUT2D eigenvalue weighted by Crippen LogP contribution is -2.48. The average molecular weight is 290 g/mol. The van der Waals surface area contributed by atoms with E-state index in [4.69, 9.17) is 5.26 Å². The number of carbonyl (C=O) groups is 1. The monoisotopic (exact) mass is 290 g/mol. The number of nitriles is 1. The van der Waals surface area contributed by atoms with Crippen molar-refractivity contribution in [3.8, 4) is 6.07 Å². The van der Waals surface area contributed by atoms with Gasteiger partial charge in [-0.3, -0.25) is 4.79 Å². The van der Waals surface area contributed by atoms with E-state index in [0.717, 1.165) is 30.6 Å². The van der Waals surface area contributed by atoms with Gasteiger partial charge in [0, 0.05) is 12.3 Å². The molecule has 1 aromatic rings. The number of nitrogens with zero attached hydrogens (tertiary/aromatic N) is 1. The SMILES string of the molecule is N#Cc1ccc(CSCC(=O)NCC2(O)CCC2)cc1. The Morgan fingerprint density at radius 1 is 1.40 bits per heavy atom. The topological polar surface area (TPSA) is 73.1 Å². The minimum absolute atomic E-state index is 0.0380. The number of benzene rings is 1. The minimum atomic E-state index is -0.659. The summed E-state index contributed by atoms with van der Waals surface area (Å²) in [5.74, 6) is 1.09. The zero-order valence-corrected chi connectivity index (χ0v) is 12.1. The van der Waals surface area contributed by atoms with Crippen molar-refractivity contribution >= 4 is 17.7 Å². The second kappa shape index (κ2) is 6.78. The van der Waals surface area contributed by atoms with Crippen LogP contribution in [-0.2, 0) is 10.5 Å². The molecule has 1 aliphatic carbocycles. The number of hydrogen-bond donors (Lipinski definition) is 2. The third-order valence-electron chi connectivity index (χ3n) is 3.48. The molecule has 0 spiro atoms. The molecule has 1 aromatic carbocycles. The fraction of sp³-hybridized carbons (Fsp3) is 0.467. The van der Waals surface area contributed by atoms with E-state index in [1.807, 2.05) is 12.1 Å². The lowest BCUT2D eigenvalue weighted by Gasteiger charge is -2.36. The van der Waals surface area contributed by atoms with E-state index in [1.165, 1.54) is 11.8 Å². The van der Waals surface area contributed by atoms with Gasteiger partial charge in [-0.1, -0.05) is 12.1 Å². The first-order chi connectivity index (χ1) is 9.61. The van der Waals surface area contributed by atoms with Gasteiger partial charge in [0.2, 0.25) is 5.91 Å². The Bertz CT molecular complexity index is 504. The highest BCUT2D eigenvalue weighted by atomic mass is 32.2. The van der Waals surface area contributed by atoms with Crippen molar-refractivity contribution in [2.75, 3.05) is 12.3 Å². The van der Waals surface area contributed by atoms with Gasteiger partial charge in [-0.05, 0) is 37.0 Å². The zero-order valence-electron chi connectivity index (χ0n) is 11.3. The van der Waals surface area contributed by atoms with Gasteiger partial charge < -0.3 is 10.4 Å². The molecule has 0 aromatic heterocycles. The summed E-state index contributed by atoms with van der Waals surface area (Å²) in [7, 11) is 0. The molecule has 0 atom stereocenters. The maximum absolute atomic E-state index is 11.6. The molecule has 1 saturated carbocycles. The van der Waals surface area contributed by atoms with Crippen LogP contribution in [0.2, 0.25) is 0 Å². The molecule has 0 saturated heterocycles. The van der Waals surface area contributed by atoms with Crippen LogP contribution >= 0.6 is 11.8 Å². The van der Waals surface area contributed by atoms with Gasteiger partial charge in [-0.25, -0.2) is 0 Å². The standard InChI is InChI=1S/C15H18N2O2S/c16-8-12-2-4-13(5-3-12)9-20-10-14(18)17-11-15(19)6-1-7-15/h2-5,19H,1,6-7,9-11H2,(H,17,18). The fourth-order valence-corrected chi connectivity index (χ4v) is 2.83. The lowest BCUT2D eigenvalue weighted by atomic mass is 9.80. The highest BCUT2D eigenvalue weighted by Gasteiger charge is 2.34. The van der Waals surface area contributed by atoms with E-state index in [1.54, 1.807) is 12.1 Å². The number of thioether (sulfide) groups is 1. The van der Waals surface area contributed by atoms with Crippen LogP contribution in [0, 0.1) is 11.3 Å². The lowest BCUT2D eigenvalue weighted by molar-refractivity contribution is -0.121. The van der Waals surface area contributed by atoms with E-state index in [-0.39, 0.29) is 5.91 Å². The van der Waals surface area contributed by atoms with E-state index in [0.29, 0.717) is 17.9 Å². The summed E-state index contributed by atoms with van der Waals surface area (Å²) in [6.07, 6.45) is 2.61. The molecule has 1 aliphatic rings. The van der Waals surface area contributed by atoms with Crippen molar-refractivity contribution < 1.29 is 9.90 Å². The van der Waals surface area contributed by atoms with E-state index < -0.39 is 5.60 Å². The van der Waals surface area contributed by atoms with Gasteiger partial charge in [0.25, 0.3) is 0 Å². The molecule has 1 fully saturated rings. The van der Waals surface area contributed by atoms with Crippen LogP contribution in [-0.4, -0.2) is 28.9 Å². The Morgan fingerprint density at radius 2 is 2.10 bits per heavy atom. The zero-order chi connectivity index (χ0) is 14.4. The number of nitrogens with one attached hydrogen (secondary N) is 1. The van der Waals surface area contributed by atoms with Crippen LogP contribution in [0.1, 0.15) is 30.4 Å². The first-order valence-electron chi connectivity index (χ1n) is 6.67. The summed E-state index contributed by atoms with van der Waals surface area (Å²) < 4.78 is 0. The van der Waals surface area contributed by atoms with E-state index >= 15 is 0 Å². The largest absolute Gasteiger partial charge is 0.388 e. The van der Waals surface area contributed by atoms with Crippen molar-refractivity contribution in [3.05, 3.63) is 35.4 Å². The Balaban J connectivity index is 1.64.